The number of hydrogen-bond acceptors (Lipinski definition) is 5. The number of nitrogens with two attached hydrogens (primary N) is 1. The van der Waals surface area contributed by atoms with Gasteiger partial charge in [0.05, 0.1) is 11.5 Å². The Balaban J connectivity index is 1.39. The van der Waals surface area contributed by atoms with Gasteiger partial charge in [0, 0.05) is 31.8 Å². The maximum Gasteiger partial charge on any atom is 0.222 e. The summed E-state index contributed by atoms with van der Waals surface area (Å²) in [5.74, 6) is 1.86. The molecule has 3 unspecified atom stereocenters. The van der Waals surface area contributed by atoms with Gasteiger partial charge in [0.25, 0.3) is 0 Å². The van der Waals surface area contributed by atoms with E-state index in [4.69, 9.17) is 10.5 Å². The topological polar surface area (TPSA) is 89.7 Å². The van der Waals surface area contributed by atoms with Crippen molar-refractivity contribution in [2.45, 2.75) is 36.6 Å². The number of carbonyl (C=O) groups is 1. The number of carbonyl (C=O) groups excluding carboxylic acids is 1. The van der Waals surface area contributed by atoms with E-state index in [2.05, 4.69) is 0 Å². The molecular formula is C18H26N2O4S. The highest BCUT2D eigenvalue weighted by Crippen LogP contribution is 2.37. The summed E-state index contributed by atoms with van der Waals surface area (Å²) in [7, 11) is -3.19. The molecule has 25 heavy (non-hydrogen) atoms. The lowest BCUT2D eigenvalue weighted by Crippen LogP contribution is -2.33. The Hall–Kier alpha value is -1.60. The second-order valence-corrected chi connectivity index (χ2v) is 9.18. The van der Waals surface area contributed by atoms with E-state index in [0.29, 0.717) is 37.0 Å². The second kappa shape index (κ2) is 7.33. The van der Waals surface area contributed by atoms with E-state index in [1.165, 1.54) is 18.4 Å². The van der Waals surface area contributed by atoms with Gasteiger partial charge in [0.15, 0.2) is 9.84 Å². The van der Waals surface area contributed by atoms with Gasteiger partial charge in [-0.1, -0.05) is 0 Å². The van der Waals surface area contributed by atoms with Gasteiger partial charge in [-0.2, -0.15) is 0 Å². The average Bonchev–Trinajstić information content (AvgIpc) is 3.13. The van der Waals surface area contributed by atoms with Gasteiger partial charge >= 0.3 is 0 Å². The van der Waals surface area contributed by atoms with Crippen LogP contribution in [0.4, 0.5) is 0 Å². The molecule has 0 aromatic heterocycles. The quantitative estimate of drug-likeness (QED) is 0.770. The van der Waals surface area contributed by atoms with Crippen LogP contribution >= 0.6 is 0 Å². The van der Waals surface area contributed by atoms with Crippen LogP contribution in [0.15, 0.2) is 29.2 Å². The predicted molar refractivity (Wildman–Crippen MR) is 95.1 cm³/mol. The fourth-order valence-electron chi connectivity index (χ4n) is 3.87. The zero-order valence-electron chi connectivity index (χ0n) is 14.6. The first-order valence-corrected chi connectivity index (χ1v) is 10.7. The predicted octanol–water partition coefficient (Wildman–Crippen LogP) is 1.44. The molecule has 138 valence electrons. The lowest BCUT2D eigenvalue weighted by atomic mass is 9.98. The number of nitrogens with zero attached hydrogens (tertiary/aromatic N) is 1. The Labute approximate surface area is 149 Å². The van der Waals surface area contributed by atoms with Crippen LogP contribution in [0.5, 0.6) is 5.75 Å². The Kier molecular flexibility index (Phi) is 5.34. The smallest absolute Gasteiger partial charge is 0.222 e. The third kappa shape index (κ3) is 4.33. The van der Waals surface area contributed by atoms with Crippen molar-refractivity contribution in [1.29, 1.82) is 0 Å². The van der Waals surface area contributed by atoms with Crippen LogP contribution in [0, 0.1) is 11.8 Å². The average molecular weight is 366 g/mol. The van der Waals surface area contributed by atoms with Crippen LogP contribution in [0.1, 0.15) is 25.7 Å². The Morgan fingerprint density at radius 3 is 2.60 bits per heavy atom. The van der Waals surface area contributed by atoms with Crippen molar-refractivity contribution in [3.63, 3.8) is 0 Å². The second-order valence-electron chi connectivity index (χ2n) is 7.16. The fraction of sp³-hybridized carbons (Fsp3) is 0.611. The molecule has 1 aliphatic carbocycles. The molecule has 1 aromatic carbocycles. The molecule has 1 heterocycles. The number of rotatable bonds is 6. The highest BCUT2D eigenvalue weighted by Gasteiger charge is 2.42. The summed E-state index contributed by atoms with van der Waals surface area (Å²) in [6, 6.07) is 6.59. The first-order chi connectivity index (χ1) is 11.8. The third-order valence-corrected chi connectivity index (χ3v) is 6.45. The van der Waals surface area contributed by atoms with Gasteiger partial charge in [-0.3, -0.25) is 4.79 Å². The molecule has 0 radical (unpaired) electrons. The number of ether oxygens (including phenoxy) is 1. The lowest BCUT2D eigenvalue weighted by molar-refractivity contribution is -0.130. The number of fused-ring (bicyclic) bond motifs is 1. The van der Waals surface area contributed by atoms with Crippen molar-refractivity contribution in [2.75, 3.05) is 26.0 Å². The SMILES string of the molecule is CS(=O)(=O)c1ccc(OCCCC(=O)N2CC3CCC(N)C3C2)cc1. The van der Waals surface area contributed by atoms with Crippen molar-refractivity contribution >= 4 is 15.7 Å². The summed E-state index contributed by atoms with van der Waals surface area (Å²) >= 11 is 0. The minimum Gasteiger partial charge on any atom is -0.494 e. The van der Waals surface area contributed by atoms with Crippen molar-refractivity contribution in [3.8, 4) is 5.75 Å². The van der Waals surface area contributed by atoms with Gasteiger partial charge in [0.2, 0.25) is 5.91 Å². The van der Waals surface area contributed by atoms with E-state index < -0.39 is 9.84 Å². The monoisotopic (exact) mass is 366 g/mol. The van der Waals surface area contributed by atoms with Crippen molar-refractivity contribution < 1.29 is 17.9 Å². The molecule has 3 rings (SSSR count). The van der Waals surface area contributed by atoms with Crippen molar-refractivity contribution in [3.05, 3.63) is 24.3 Å². The molecule has 1 amide bonds. The van der Waals surface area contributed by atoms with Crippen LogP contribution < -0.4 is 10.5 Å². The molecule has 1 saturated carbocycles. The standard InChI is InChI=1S/C18H26N2O4S/c1-25(22,23)15-7-5-14(6-8-15)24-10-2-3-18(21)20-11-13-4-9-17(19)16(13)12-20/h5-8,13,16-17H,2-4,9-12,19H2,1H3. The molecule has 1 aliphatic heterocycles. The first-order valence-electron chi connectivity index (χ1n) is 8.81. The zero-order chi connectivity index (χ0) is 18.0. The number of likely N-dealkylation sites (tertiary alicyclic amines) is 1. The molecule has 1 saturated heterocycles. The molecule has 7 heteroatoms. The largest absolute Gasteiger partial charge is 0.494 e. The first kappa shape index (κ1) is 18.2. The summed E-state index contributed by atoms with van der Waals surface area (Å²) in [5, 5.41) is 0. The van der Waals surface area contributed by atoms with Crippen LogP contribution in [-0.2, 0) is 14.6 Å². The van der Waals surface area contributed by atoms with E-state index in [1.54, 1.807) is 12.1 Å². The molecule has 2 fully saturated rings. The Bertz CT molecular complexity index is 717. The summed E-state index contributed by atoms with van der Waals surface area (Å²) in [5.41, 5.74) is 6.11. The molecule has 0 bridgehead atoms. The van der Waals surface area contributed by atoms with Gasteiger partial charge in [0.1, 0.15) is 5.75 Å². The van der Waals surface area contributed by atoms with Gasteiger partial charge in [-0.05, 0) is 55.4 Å². The maximum atomic E-state index is 12.3. The minimum atomic E-state index is -3.19. The fourth-order valence-corrected chi connectivity index (χ4v) is 4.50. The number of benzene rings is 1. The number of hydrogen-bond donors (Lipinski definition) is 1. The Morgan fingerprint density at radius 1 is 1.24 bits per heavy atom. The normalized spacial score (nSPS) is 25.8. The highest BCUT2D eigenvalue weighted by atomic mass is 32.2. The molecule has 3 atom stereocenters. The number of sulfone groups is 1. The maximum absolute atomic E-state index is 12.3. The van der Waals surface area contributed by atoms with E-state index in [-0.39, 0.29) is 16.8 Å². The third-order valence-electron chi connectivity index (χ3n) is 5.32. The highest BCUT2D eigenvalue weighted by molar-refractivity contribution is 7.90. The van der Waals surface area contributed by atoms with E-state index >= 15 is 0 Å². The van der Waals surface area contributed by atoms with Gasteiger partial charge < -0.3 is 15.4 Å². The van der Waals surface area contributed by atoms with E-state index in [9.17, 15) is 13.2 Å². The Morgan fingerprint density at radius 2 is 1.96 bits per heavy atom. The molecular weight excluding hydrogens is 340 g/mol. The minimum absolute atomic E-state index is 0.178. The molecule has 1 aromatic rings. The molecule has 2 N–H and O–H groups in total. The summed E-state index contributed by atoms with van der Waals surface area (Å²) in [4.78, 5) is 14.5. The van der Waals surface area contributed by atoms with Crippen molar-refractivity contribution in [1.82, 2.24) is 4.90 Å². The van der Waals surface area contributed by atoms with E-state index in [0.717, 1.165) is 25.9 Å². The zero-order valence-corrected chi connectivity index (χ0v) is 15.4. The summed E-state index contributed by atoms with van der Waals surface area (Å²) in [6.07, 6.45) is 4.51. The van der Waals surface area contributed by atoms with Crippen LogP contribution in [0.25, 0.3) is 0 Å². The number of amides is 1. The van der Waals surface area contributed by atoms with Crippen LogP contribution in [0.3, 0.4) is 0 Å². The van der Waals surface area contributed by atoms with Crippen LogP contribution in [0.2, 0.25) is 0 Å². The van der Waals surface area contributed by atoms with Crippen LogP contribution in [-0.4, -0.2) is 51.2 Å². The summed E-state index contributed by atoms with van der Waals surface area (Å²) in [6.45, 7) is 2.09. The van der Waals surface area contributed by atoms with E-state index in [1.807, 2.05) is 4.90 Å². The molecule has 2 aliphatic rings. The lowest BCUT2D eigenvalue weighted by Gasteiger charge is -2.18. The molecule has 6 nitrogen and oxygen atoms in total. The summed E-state index contributed by atoms with van der Waals surface area (Å²) < 4.78 is 28.4. The van der Waals surface area contributed by atoms with Crippen molar-refractivity contribution in [2.24, 2.45) is 17.6 Å². The van der Waals surface area contributed by atoms with Gasteiger partial charge in [-0.25, -0.2) is 8.42 Å². The molecule has 0 spiro atoms. The van der Waals surface area contributed by atoms with Gasteiger partial charge in [-0.15, -0.1) is 0 Å².